The van der Waals surface area contributed by atoms with Crippen LogP contribution in [0.25, 0.3) is 11.4 Å². The van der Waals surface area contributed by atoms with Crippen molar-refractivity contribution in [3.05, 3.63) is 42.7 Å². The van der Waals surface area contributed by atoms with E-state index in [1.54, 1.807) is 6.07 Å². The molecule has 0 aliphatic carbocycles. The number of hydrogen-bond acceptors (Lipinski definition) is 3. The number of para-hydroxylation sites is 1. The highest BCUT2D eigenvalue weighted by Crippen LogP contribution is 2.24. The minimum absolute atomic E-state index is 0.260. The summed E-state index contributed by atoms with van der Waals surface area (Å²) in [6.07, 6.45) is 1.22. The molecule has 0 saturated carbocycles. The van der Waals surface area contributed by atoms with Gasteiger partial charge >= 0.3 is 0 Å². The third kappa shape index (κ3) is 2.39. The first-order chi connectivity index (χ1) is 8.20. The Morgan fingerprint density at radius 2 is 2.24 bits per heavy atom. The minimum Gasteiger partial charge on any atom is -0.322 e. The SMILES string of the molecule is C=CC(=O)Nc1ccccc1-c1n[nH]c(C)n1. The second-order valence-electron chi connectivity index (χ2n) is 3.48. The van der Waals surface area contributed by atoms with Crippen LogP contribution in [0, 0.1) is 6.92 Å². The molecule has 0 atom stereocenters. The van der Waals surface area contributed by atoms with Gasteiger partial charge in [-0.2, -0.15) is 5.10 Å². The Bertz CT molecular complexity index is 559. The van der Waals surface area contributed by atoms with Crippen molar-refractivity contribution in [2.24, 2.45) is 0 Å². The molecule has 0 saturated heterocycles. The highest BCUT2D eigenvalue weighted by atomic mass is 16.1. The molecule has 0 spiro atoms. The maximum Gasteiger partial charge on any atom is 0.247 e. The van der Waals surface area contributed by atoms with Crippen molar-refractivity contribution in [1.29, 1.82) is 0 Å². The van der Waals surface area contributed by atoms with Crippen LogP contribution in [-0.2, 0) is 4.79 Å². The standard InChI is InChI=1S/C12H12N4O/c1-3-11(17)14-10-7-5-4-6-9(10)12-13-8(2)15-16-12/h3-7H,1H2,2H3,(H,14,17)(H,13,15,16). The van der Waals surface area contributed by atoms with E-state index in [1.807, 2.05) is 25.1 Å². The van der Waals surface area contributed by atoms with E-state index in [9.17, 15) is 4.79 Å². The first-order valence-electron chi connectivity index (χ1n) is 5.12. The van der Waals surface area contributed by atoms with Gasteiger partial charge in [0.25, 0.3) is 0 Å². The number of carbonyl (C=O) groups is 1. The van der Waals surface area contributed by atoms with Gasteiger partial charge in [0.05, 0.1) is 5.69 Å². The summed E-state index contributed by atoms with van der Waals surface area (Å²) in [5.41, 5.74) is 1.43. The van der Waals surface area contributed by atoms with Gasteiger partial charge in [-0.1, -0.05) is 18.7 Å². The number of nitrogens with zero attached hydrogens (tertiary/aromatic N) is 2. The minimum atomic E-state index is -0.260. The Hall–Kier alpha value is -2.43. The molecule has 5 nitrogen and oxygen atoms in total. The molecule has 1 amide bonds. The van der Waals surface area contributed by atoms with Crippen LogP contribution in [0.4, 0.5) is 5.69 Å². The van der Waals surface area contributed by atoms with E-state index in [1.165, 1.54) is 6.08 Å². The van der Waals surface area contributed by atoms with Gasteiger partial charge in [0.2, 0.25) is 5.91 Å². The van der Waals surface area contributed by atoms with E-state index in [-0.39, 0.29) is 5.91 Å². The maximum absolute atomic E-state index is 11.3. The fourth-order valence-electron chi connectivity index (χ4n) is 1.43. The van der Waals surface area contributed by atoms with Crippen LogP contribution in [0.5, 0.6) is 0 Å². The topological polar surface area (TPSA) is 70.7 Å². The number of nitrogens with one attached hydrogen (secondary N) is 2. The highest BCUT2D eigenvalue weighted by Gasteiger charge is 2.09. The van der Waals surface area contributed by atoms with Gasteiger partial charge in [-0.05, 0) is 25.1 Å². The molecule has 0 fully saturated rings. The van der Waals surface area contributed by atoms with E-state index in [0.29, 0.717) is 11.5 Å². The molecule has 17 heavy (non-hydrogen) atoms. The van der Waals surface area contributed by atoms with Gasteiger partial charge in [-0.25, -0.2) is 4.98 Å². The van der Waals surface area contributed by atoms with Crippen LogP contribution in [0.2, 0.25) is 0 Å². The first-order valence-corrected chi connectivity index (χ1v) is 5.12. The smallest absolute Gasteiger partial charge is 0.247 e. The fourth-order valence-corrected chi connectivity index (χ4v) is 1.43. The normalized spacial score (nSPS) is 9.94. The van der Waals surface area contributed by atoms with E-state index < -0.39 is 0 Å². The number of amides is 1. The van der Waals surface area contributed by atoms with Crippen molar-refractivity contribution in [2.75, 3.05) is 5.32 Å². The van der Waals surface area contributed by atoms with Crippen LogP contribution in [0.15, 0.2) is 36.9 Å². The molecule has 0 bridgehead atoms. The molecule has 86 valence electrons. The van der Waals surface area contributed by atoms with Crippen molar-refractivity contribution in [3.8, 4) is 11.4 Å². The Morgan fingerprint density at radius 3 is 2.88 bits per heavy atom. The zero-order valence-electron chi connectivity index (χ0n) is 9.40. The number of aromatic amines is 1. The third-order valence-corrected chi connectivity index (χ3v) is 2.21. The fraction of sp³-hybridized carbons (Fsp3) is 0.0833. The van der Waals surface area contributed by atoms with Gasteiger partial charge < -0.3 is 5.32 Å². The molecule has 0 unspecified atom stereocenters. The predicted molar refractivity (Wildman–Crippen MR) is 65.4 cm³/mol. The van der Waals surface area contributed by atoms with Crippen LogP contribution in [0.1, 0.15) is 5.82 Å². The zero-order chi connectivity index (χ0) is 12.3. The highest BCUT2D eigenvalue weighted by molar-refractivity contribution is 6.01. The summed E-state index contributed by atoms with van der Waals surface area (Å²) >= 11 is 0. The van der Waals surface area contributed by atoms with Gasteiger partial charge in [0.15, 0.2) is 5.82 Å². The summed E-state index contributed by atoms with van der Waals surface area (Å²) in [4.78, 5) is 15.5. The molecule has 0 aliphatic heterocycles. The lowest BCUT2D eigenvalue weighted by Crippen LogP contribution is -2.08. The van der Waals surface area contributed by atoms with Gasteiger partial charge in [-0.3, -0.25) is 9.89 Å². The number of hydrogen-bond donors (Lipinski definition) is 2. The molecule has 1 heterocycles. The number of aromatic nitrogens is 3. The second-order valence-corrected chi connectivity index (χ2v) is 3.48. The molecular weight excluding hydrogens is 216 g/mol. The molecule has 0 radical (unpaired) electrons. The van der Waals surface area contributed by atoms with Crippen LogP contribution >= 0.6 is 0 Å². The molecule has 1 aromatic carbocycles. The third-order valence-electron chi connectivity index (χ3n) is 2.21. The lowest BCUT2D eigenvalue weighted by molar-refractivity contribution is -0.111. The number of carbonyl (C=O) groups excluding carboxylic acids is 1. The number of anilines is 1. The van der Waals surface area contributed by atoms with Crippen LogP contribution < -0.4 is 5.32 Å². The molecule has 5 heteroatoms. The van der Waals surface area contributed by atoms with Crippen LogP contribution in [0.3, 0.4) is 0 Å². The van der Waals surface area contributed by atoms with Crippen LogP contribution in [-0.4, -0.2) is 21.1 Å². The number of aryl methyl sites for hydroxylation is 1. The Balaban J connectivity index is 2.40. The maximum atomic E-state index is 11.3. The van der Waals surface area contributed by atoms with Gasteiger partial charge in [-0.15, -0.1) is 0 Å². The number of rotatable bonds is 3. The summed E-state index contributed by atoms with van der Waals surface area (Å²) in [6.45, 7) is 5.23. The summed E-state index contributed by atoms with van der Waals surface area (Å²) in [5, 5.41) is 9.55. The lowest BCUT2D eigenvalue weighted by Gasteiger charge is -2.06. The average Bonchev–Trinajstić information content (AvgIpc) is 2.76. The van der Waals surface area contributed by atoms with E-state index in [4.69, 9.17) is 0 Å². The summed E-state index contributed by atoms with van der Waals surface area (Å²) in [7, 11) is 0. The predicted octanol–water partition coefficient (Wildman–Crippen LogP) is 1.90. The Labute approximate surface area is 98.6 Å². The quantitative estimate of drug-likeness (QED) is 0.788. The molecule has 1 aromatic heterocycles. The van der Waals surface area contributed by atoms with Gasteiger partial charge in [0, 0.05) is 5.56 Å². The van der Waals surface area contributed by atoms with Crippen molar-refractivity contribution >= 4 is 11.6 Å². The largest absolute Gasteiger partial charge is 0.322 e. The summed E-state index contributed by atoms with van der Waals surface area (Å²) < 4.78 is 0. The number of H-pyrrole nitrogens is 1. The molecule has 2 N–H and O–H groups in total. The zero-order valence-corrected chi connectivity index (χ0v) is 9.40. The van der Waals surface area contributed by atoms with E-state index in [2.05, 4.69) is 27.1 Å². The van der Waals surface area contributed by atoms with E-state index in [0.717, 1.165) is 11.4 Å². The lowest BCUT2D eigenvalue weighted by atomic mass is 10.1. The molecule has 2 aromatic rings. The molecule has 0 aliphatic rings. The van der Waals surface area contributed by atoms with Crippen molar-refractivity contribution < 1.29 is 4.79 Å². The van der Waals surface area contributed by atoms with Crippen molar-refractivity contribution in [2.45, 2.75) is 6.92 Å². The van der Waals surface area contributed by atoms with Crippen molar-refractivity contribution in [3.63, 3.8) is 0 Å². The number of benzene rings is 1. The second kappa shape index (κ2) is 4.61. The molecular formula is C12H12N4O. The summed E-state index contributed by atoms with van der Waals surface area (Å²) in [5.74, 6) is 1.03. The summed E-state index contributed by atoms with van der Waals surface area (Å²) in [6, 6.07) is 7.34. The first kappa shape index (κ1) is 11.1. The Kier molecular flexibility index (Phi) is 3.00. The average molecular weight is 228 g/mol. The molecule has 2 rings (SSSR count). The van der Waals surface area contributed by atoms with Crippen molar-refractivity contribution in [1.82, 2.24) is 15.2 Å². The Morgan fingerprint density at radius 1 is 1.47 bits per heavy atom. The monoisotopic (exact) mass is 228 g/mol. The van der Waals surface area contributed by atoms with Gasteiger partial charge in [0.1, 0.15) is 5.82 Å². The van der Waals surface area contributed by atoms with E-state index >= 15 is 0 Å².